The van der Waals surface area contributed by atoms with Crippen LogP contribution in [-0.4, -0.2) is 0 Å². The summed E-state index contributed by atoms with van der Waals surface area (Å²) in [6.45, 7) is 0. The minimum Gasteiger partial charge on any atom is -0.147 e. The molecule has 0 aromatic carbocycles. The number of hydrogen-bond acceptors (Lipinski definition) is 0. The average molecular weight is 315 g/mol. The quantitative estimate of drug-likeness (QED) is 0.581. The molecule has 0 aromatic heterocycles. The molecule has 0 heterocycles. The Labute approximate surface area is 62.1 Å². The smallest absolute Gasteiger partial charge is 0 e. The predicted octanol–water partition coefficient (Wildman–Crippen LogP) is 0.839. The zero-order chi connectivity index (χ0) is 0. The molecular weight excluding hydrogens is 313 g/mol. The Kier molecular flexibility index (Phi) is 228. The molecule has 0 atom stereocenters. The summed E-state index contributed by atoms with van der Waals surface area (Å²) in [6.07, 6.45) is 0. The van der Waals surface area contributed by atoms with E-state index in [0.29, 0.717) is 0 Å². The van der Waals surface area contributed by atoms with Crippen LogP contribution in [0.15, 0.2) is 0 Å². The van der Waals surface area contributed by atoms with Gasteiger partial charge >= 0.3 is 0 Å². The van der Waals surface area contributed by atoms with Gasteiger partial charge in [-0.1, -0.05) is 0 Å². The van der Waals surface area contributed by atoms with E-state index in [1.807, 2.05) is 0 Å². The maximum atomic E-state index is 0. The third-order valence-electron chi connectivity index (χ3n) is 0. The standard InChI is InChI=1S/2ClH.Ni.W/h2*1H;;. The van der Waals surface area contributed by atoms with Gasteiger partial charge in [0.25, 0.3) is 0 Å². The first-order chi connectivity index (χ1) is 0. The van der Waals surface area contributed by atoms with Gasteiger partial charge in [-0.3, -0.25) is 0 Å². The molecule has 32 valence electrons. The monoisotopic (exact) mass is 314 g/mol. The molecule has 0 nitrogen and oxygen atoms in total. The SMILES string of the molecule is Cl.Cl.[Ni].[W]. The molecule has 4 heteroatoms. The van der Waals surface area contributed by atoms with Gasteiger partial charge in [-0.15, -0.1) is 24.8 Å². The molecule has 0 rings (SSSR count). The van der Waals surface area contributed by atoms with E-state index < -0.39 is 0 Å². The van der Waals surface area contributed by atoms with Crippen LogP contribution in [-0.2, 0) is 37.6 Å². The van der Waals surface area contributed by atoms with Crippen molar-refractivity contribution < 1.29 is 37.6 Å². The van der Waals surface area contributed by atoms with Crippen molar-refractivity contribution >= 4 is 24.8 Å². The Morgan fingerprint density at radius 3 is 0.750 bits per heavy atom. The van der Waals surface area contributed by atoms with Crippen molar-refractivity contribution in [3.63, 3.8) is 0 Å². The molecule has 0 unspecified atom stereocenters. The molecule has 0 aliphatic carbocycles. The zero-order valence-corrected chi connectivity index (χ0v) is 7.09. The molecule has 0 spiro atoms. The Hall–Kier alpha value is 1.76. The van der Waals surface area contributed by atoms with Gasteiger partial charge in [0.1, 0.15) is 0 Å². The van der Waals surface area contributed by atoms with Crippen molar-refractivity contribution in [2.45, 2.75) is 0 Å². The van der Waals surface area contributed by atoms with E-state index in [1.54, 1.807) is 0 Å². The molecule has 0 saturated heterocycles. The molecule has 0 N–H and O–H groups in total. The van der Waals surface area contributed by atoms with Crippen LogP contribution < -0.4 is 0 Å². The Bertz CT molecular complexity index is 6.00. The maximum absolute atomic E-state index is 0. The normalized spacial score (nSPS) is 0. The van der Waals surface area contributed by atoms with Crippen molar-refractivity contribution in [3.05, 3.63) is 0 Å². The first-order valence-corrected chi connectivity index (χ1v) is 0. The van der Waals surface area contributed by atoms with Gasteiger partial charge in [0.2, 0.25) is 0 Å². The molecule has 0 aliphatic rings. The van der Waals surface area contributed by atoms with Crippen molar-refractivity contribution in [2.75, 3.05) is 0 Å². The average Bonchev–Trinajstić information content (AvgIpc) is 0. The van der Waals surface area contributed by atoms with Gasteiger partial charge in [0.05, 0.1) is 0 Å². The number of rotatable bonds is 0. The number of halogens is 2. The topological polar surface area (TPSA) is 0 Å². The molecule has 4 heavy (non-hydrogen) atoms. The third-order valence-corrected chi connectivity index (χ3v) is 0. The van der Waals surface area contributed by atoms with Gasteiger partial charge in [0, 0.05) is 37.6 Å². The van der Waals surface area contributed by atoms with E-state index in [1.165, 1.54) is 0 Å². The minimum atomic E-state index is 0. The van der Waals surface area contributed by atoms with Crippen molar-refractivity contribution in [2.24, 2.45) is 0 Å². The van der Waals surface area contributed by atoms with Gasteiger partial charge in [0.15, 0.2) is 0 Å². The van der Waals surface area contributed by atoms with Crippen LogP contribution in [0.4, 0.5) is 0 Å². The minimum absolute atomic E-state index is 0. The Morgan fingerprint density at radius 2 is 0.750 bits per heavy atom. The van der Waals surface area contributed by atoms with Gasteiger partial charge < -0.3 is 0 Å². The zero-order valence-electron chi connectivity index (χ0n) is 1.54. The molecular formula is H2Cl2NiW. The summed E-state index contributed by atoms with van der Waals surface area (Å²) in [5, 5.41) is 0. The summed E-state index contributed by atoms with van der Waals surface area (Å²) in [5.74, 6) is 0. The van der Waals surface area contributed by atoms with Crippen LogP contribution >= 0.6 is 24.8 Å². The number of hydrogen-bond donors (Lipinski definition) is 0. The van der Waals surface area contributed by atoms with E-state index in [9.17, 15) is 0 Å². The molecule has 0 bridgehead atoms. The third kappa shape index (κ3) is 9.24. The molecule has 0 amide bonds. The Balaban J connectivity index is 0. The Morgan fingerprint density at radius 1 is 0.750 bits per heavy atom. The summed E-state index contributed by atoms with van der Waals surface area (Å²) >= 11 is 0. The van der Waals surface area contributed by atoms with Gasteiger partial charge in [-0.25, -0.2) is 0 Å². The van der Waals surface area contributed by atoms with Crippen LogP contribution in [0.1, 0.15) is 0 Å². The van der Waals surface area contributed by atoms with E-state index in [4.69, 9.17) is 0 Å². The largest absolute Gasteiger partial charge is 0.147 e. The van der Waals surface area contributed by atoms with Crippen LogP contribution in [0.2, 0.25) is 0 Å². The van der Waals surface area contributed by atoms with E-state index >= 15 is 0 Å². The fourth-order valence-electron chi connectivity index (χ4n) is 0. The van der Waals surface area contributed by atoms with Gasteiger partial charge in [-0.05, 0) is 0 Å². The van der Waals surface area contributed by atoms with Crippen LogP contribution in [0, 0.1) is 0 Å². The van der Waals surface area contributed by atoms with Crippen LogP contribution in [0.25, 0.3) is 0 Å². The summed E-state index contributed by atoms with van der Waals surface area (Å²) in [4.78, 5) is 0. The summed E-state index contributed by atoms with van der Waals surface area (Å²) in [5.41, 5.74) is 0. The summed E-state index contributed by atoms with van der Waals surface area (Å²) in [7, 11) is 0. The second-order valence-corrected chi connectivity index (χ2v) is 0. The fourth-order valence-corrected chi connectivity index (χ4v) is 0. The maximum Gasteiger partial charge on any atom is 0 e. The van der Waals surface area contributed by atoms with Crippen molar-refractivity contribution in [1.82, 2.24) is 0 Å². The second kappa shape index (κ2) is 21.7. The van der Waals surface area contributed by atoms with E-state index in [0.717, 1.165) is 0 Å². The van der Waals surface area contributed by atoms with E-state index in [2.05, 4.69) is 0 Å². The molecule has 0 fully saturated rings. The first-order valence-electron chi connectivity index (χ1n) is 0. The molecule has 0 aromatic rings. The fraction of sp³-hybridized carbons (Fsp3) is 0. The predicted molar refractivity (Wildman–Crippen MR) is 14.5 cm³/mol. The summed E-state index contributed by atoms with van der Waals surface area (Å²) < 4.78 is 0. The van der Waals surface area contributed by atoms with Crippen molar-refractivity contribution in [3.8, 4) is 0 Å². The molecule has 0 radical (unpaired) electrons. The van der Waals surface area contributed by atoms with Crippen LogP contribution in [0.5, 0.6) is 0 Å². The second-order valence-electron chi connectivity index (χ2n) is 0. The first kappa shape index (κ1) is 42.1. The van der Waals surface area contributed by atoms with Crippen LogP contribution in [0.3, 0.4) is 0 Å². The van der Waals surface area contributed by atoms with Gasteiger partial charge in [-0.2, -0.15) is 0 Å². The van der Waals surface area contributed by atoms with E-state index in [-0.39, 0.29) is 62.4 Å². The van der Waals surface area contributed by atoms with Crippen molar-refractivity contribution in [1.29, 1.82) is 0 Å². The molecule has 0 saturated carbocycles. The molecule has 0 aliphatic heterocycles. The summed E-state index contributed by atoms with van der Waals surface area (Å²) in [6, 6.07) is 0.